The van der Waals surface area contributed by atoms with Crippen molar-refractivity contribution in [3.8, 4) is 0 Å². The molecule has 1 aromatic rings. The first-order chi connectivity index (χ1) is 6.20. The zero-order valence-corrected chi connectivity index (χ0v) is 8.21. The average Bonchev–Trinajstić information content (AvgIpc) is 2.55. The number of rotatable bonds is 5. The molecule has 0 saturated carbocycles. The lowest BCUT2D eigenvalue weighted by Gasteiger charge is -2.16. The minimum Gasteiger partial charge on any atom is -0.373 e. The van der Waals surface area contributed by atoms with Crippen LogP contribution in [0.25, 0.3) is 0 Å². The minimum absolute atomic E-state index is 0.266. The molecule has 1 rings (SSSR count). The average molecular weight is 180 g/mol. The van der Waals surface area contributed by atoms with Crippen molar-refractivity contribution in [1.82, 2.24) is 4.98 Å². The molecule has 13 heavy (non-hydrogen) atoms. The highest BCUT2D eigenvalue weighted by molar-refractivity contribution is 5.75. The molecule has 0 fully saturated rings. The van der Waals surface area contributed by atoms with Gasteiger partial charge in [-0.15, -0.1) is 0 Å². The fourth-order valence-electron chi connectivity index (χ4n) is 1.25. The maximum atomic E-state index is 10.7. The van der Waals surface area contributed by atoms with E-state index in [0.717, 1.165) is 13.0 Å². The van der Waals surface area contributed by atoms with Gasteiger partial charge in [-0.1, -0.05) is 0 Å². The summed E-state index contributed by atoms with van der Waals surface area (Å²) in [6.07, 6.45) is 5.45. The van der Waals surface area contributed by atoms with Crippen LogP contribution in [0.15, 0.2) is 18.5 Å². The second kappa shape index (κ2) is 4.70. The van der Waals surface area contributed by atoms with Crippen LogP contribution < -0.4 is 4.90 Å². The summed E-state index contributed by atoms with van der Waals surface area (Å²) in [5, 5.41) is 0. The van der Waals surface area contributed by atoms with Crippen molar-refractivity contribution in [2.45, 2.75) is 19.8 Å². The summed E-state index contributed by atoms with van der Waals surface area (Å²) in [4.78, 5) is 15.8. The number of aromatic nitrogens is 1. The van der Waals surface area contributed by atoms with Crippen LogP contribution in [0.2, 0.25) is 0 Å². The largest absolute Gasteiger partial charge is 0.373 e. The van der Waals surface area contributed by atoms with Gasteiger partial charge in [0, 0.05) is 32.4 Å². The summed E-state index contributed by atoms with van der Waals surface area (Å²) in [5.74, 6) is 0.266. The first-order valence-corrected chi connectivity index (χ1v) is 4.53. The Balaban J connectivity index is 2.26. The molecule has 0 aliphatic rings. The van der Waals surface area contributed by atoms with Gasteiger partial charge in [-0.05, 0) is 19.4 Å². The van der Waals surface area contributed by atoms with Crippen molar-refractivity contribution >= 4 is 11.5 Å². The molecule has 0 aliphatic heterocycles. The summed E-state index contributed by atoms with van der Waals surface area (Å²) in [7, 11) is 2.03. The topological polar surface area (TPSA) is 36.1 Å². The van der Waals surface area contributed by atoms with Crippen molar-refractivity contribution in [2.75, 3.05) is 18.5 Å². The minimum atomic E-state index is 0.266. The number of nitrogens with zero attached hydrogens (tertiary/aromatic N) is 1. The number of H-pyrrole nitrogens is 1. The second-order valence-electron chi connectivity index (χ2n) is 3.30. The highest BCUT2D eigenvalue weighted by atomic mass is 16.1. The van der Waals surface area contributed by atoms with Gasteiger partial charge in [0.15, 0.2) is 0 Å². The normalized spacial score (nSPS) is 10.0. The molecule has 3 heteroatoms. The predicted octanol–water partition coefficient (Wildman–Crippen LogP) is 1.82. The number of anilines is 1. The zero-order chi connectivity index (χ0) is 9.68. The molecule has 0 amide bonds. The third-order valence-corrected chi connectivity index (χ3v) is 2.04. The van der Waals surface area contributed by atoms with Gasteiger partial charge >= 0.3 is 0 Å². The van der Waals surface area contributed by atoms with Crippen molar-refractivity contribution < 1.29 is 4.79 Å². The van der Waals surface area contributed by atoms with E-state index in [1.165, 1.54) is 5.69 Å². The molecule has 1 N–H and O–H groups in total. The van der Waals surface area contributed by atoms with Gasteiger partial charge in [0.2, 0.25) is 0 Å². The number of Topliss-reactive ketones (excluding diaryl/α,β-unsaturated/α-hetero) is 1. The van der Waals surface area contributed by atoms with E-state index in [0.29, 0.717) is 6.42 Å². The molecule has 0 aliphatic carbocycles. The van der Waals surface area contributed by atoms with E-state index in [1.54, 1.807) is 6.92 Å². The van der Waals surface area contributed by atoms with E-state index in [4.69, 9.17) is 0 Å². The molecular formula is C10H16N2O. The van der Waals surface area contributed by atoms with E-state index in [2.05, 4.69) is 9.88 Å². The Kier molecular flexibility index (Phi) is 3.55. The third-order valence-electron chi connectivity index (χ3n) is 2.04. The molecule has 0 radical (unpaired) electrons. The van der Waals surface area contributed by atoms with Crippen LogP contribution in [0.4, 0.5) is 5.69 Å². The summed E-state index contributed by atoms with van der Waals surface area (Å²) in [6, 6.07) is 2.02. The van der Waals surface area contributed by atoms with Crippen molar-refractivity contribution in [2.24, 2.45) is 0 Å². The van der Waals surface area contributed by atoms with Gasteiger partial charge in [0.05, 0.1) is 5.69 Å². The Morgan fingerprint density at radius 3 is 2.92 bits per heavy atom. The Labute approximate surface area is 78.8 Å². The lowest BCUT2D eigenvalue weighted by molar-refractivity contribution is -0.117. The molecule has 1 heterocycles. The summed E-state index contributed by atoms with van der Waals surface area (Å²) >= 11 is 0. The van der Waals surface area contributed by atoms with Gasteiger partial charge < -0.3 is 14.7 Å². The zero-order valence-electron chi connectivity index (χ0n) is 8.21. The second-order valence-corrected chi connectivity index (χ2v) is 3.30. The monoisotopic (exact) mass is 180 g/mol. The molecule has 72 valence electrons. The highest BCUT2D eigenvalue weighted by Gasteiger charge is 2.00. The predicted molar refractivity (Wildman–Crippen MR) is 54.0 cm³/mol. The van der Waals surface area contributed by atoms with Crippen molar-refractivity contribution in [3.63, 3.8) is 0 Å². The van der Waals surface area contributed by atoms with Crippen molar-refractivity contribution in [3.05, 3.63) is 18.5 Å². The number of hydrogen-bond acceptors (Lipinski definition) is 2. The van der Waals surface area contributed by atoms with Gasteiger partial charge in [-0.3, -0.25) is 0 Å². The SMILES string of the molecule is CC(=O)CCCN(C)c1cc[nH]c1. The van der Waals surface area contributed by atoms with Gasteiger partial charge in [0.25, 0.3) is 0 Å². The molecule has 0 aromatic carbocycles. The fraction of sp³-hybridized carbons (Fsp3) is 0.500. The molecule has 0 bridgehead atoms. The van der Waals surface area contributed by atoms with Gasteiger partial charge in [0.1, 0.15) is 5.78 Å². The molecule has 1 aromatic heterocycles. The molecule has 0 spiro atoms. The number of ketones is 1. The first kappa shape index (κ1) is 9.84. The molecule has 3 nitrogen and oxygen atoms in total. The maximum Gasteiger partial charge on any atom is 0.129 e. The maximum absolute atomic E-state index is 10.7. The van der Waals surface area contributed by atoms with Crippen LogP contribution in [-0.2, 0) is 4.79 Å². The standard InChI is InChI=1S/C10H16N2O/c1-9(13)4-3-7-12(2)10-5-6-11-8-10/h5-6,8,11H,3-4,7H2,1-2H3. The smallest absolute Gasteiger partial charge is 0.129 e. The fourth-order valence-corrected chi connectivity index (χ4v) is 1.25. The number of hydrogen-bond donors (Lipinski definition) is 1. The van der Waals surface area contributed by atoms with Crippen LogP contribution in [-0.4, -0.2) is 24.4 Å². The quantitative estimate of drug-likeness (QED) is 0.750. The molecular weight excluding hydrogens is 164 g/mol. The lowest BCUT2D eigenvalue weighted by atomic mass is 10.2. The third kappa shape index (κ3) is 3.32. The first-order valence-electron chi connectivity index (χ1n) is 4.53. The highest BCUT2D eigenvalue weighted by Crippen LogP contribution is 2.10. The van der Waals surface area contributed by atoms with E-state index < -0.39 is 0 Å². The summed E-state index contributed by atoms with van der Waals surface area (Å²) < 4.78 is 0. The Morgan fingerprint density at radius 2 is 2.38 bits per heavy atom. The van der Waals surface area contributed by atoms with Crippen LogP contribution in [0, 0.1) is 0 Å². The van der Waals surface area contributed by atoms with E-state index in [1.807, 2.05) is 25.5 Å². The molecule has 0 saturated heterocycles. The van der Waals surface area contributed by atoms with Crippen molar-refractivity contribution in [1.29, 1.82) is 0 Å². The van der Waals surface area contributed by atoms with E-state index in [9.17, 15) is 4.79 Å². The molecule has 0 unspecified atom stereocenters. The Hall–Kier alpha value is -1.25. The summed E-state index contributed by atoms with van der Waals surface area (Å²) in [6.45, 7) is 2.56. The summed E-state index contributed by atoms with van der Waals surface area (Å²) in [5.41, 5.74) is 1.17. The van der Waals surface area contributed by atoms with Crippen LogP contribution in [0.1, 0.15) is 19.8 Å². The lowest BCUT2D eigenvalue weighted by Crippen LogP contribution is -2.18. The van der Waals surface area contributed by atoms with Crippen LogP contribution >= 0.6 is 0 Å². The number of nitrogens with one attached hydrogen (secondary N) is 1. The Morgan fingerprint density at radius 1 is 1.62 bits per heavy atom. The van der Waals surface area contributed by atoms with E-state index >= 15 is 0 Å². The number of carbonyl (C=O) groups excluding carboxylic acids is 1. The van der Waals surface area contributed by atoms with Crippen LogP contribution in [0.5, 0.6) is 0 Å². The van der Waals surface area contributed by atoms with E-state index in [-0.39, 0.29) is 5.78 Å². The van der Waals surface area contributed by atoms with Gasteiger partial charge in [-0.25, -0.2) is 0 Å². The van der Waals surface area contributed by atoms with Gasteiger partial charge in [-0.2, -0.15) is 0 Å². The van der Waals surface area contributed by atoms with Crippen LogP contribution in [0.3, 0.4) is 0 Å². The number of aromatic amines is 1. The molecule has 0 atom stereocenters. The Bertz CT molecular complexity index is 254. The number of carbonyl (C=O) groups is 1.